The van der Waals surface area contributed by atoms with Gasteiger partial charge in [0.1, 0.15) is 0 Å². The van der Waals surface area contributed by atoms with Crippen molar-refractivity contribution < 1.29 is 14.0 Å². The van der Waals surface area contributed by atoms with E-state index in [4.69, 9.17) is 9.42 Å². The molecule has 0 radical (unpaired) electrons. The van der Waals surface area contributed by atoms with Crippen LogP contribution < -0.4 is 0 Å². The summed E-state index contributed by atoms with van der Waals surface area (Å²) < 4.78 is 15.4. The molecule has 3 nitrogen and oxygen atoms in total. The maximum absolute atomic E-state index is 10.7. The summed E-state index contributed by atoms with van der Waals surface area (Å²) in [5.41, 5.74) is 2.29. The van der Waals surface area contributed by atoms with Gasteiger partial charge in [-0.15, -0.1) is 0 Å². The molecule has 0 amide bonds. The highest BCUT2D eigenvalue weighted by Crippen LogP contribution is 2.50. The Morgan fingerprint density at radius 3 is 2.50 bits per heavy atom. The number of halogens is 1. The molecule has 14 heavy (non-hydrogen) atoms. The summed E-state index contributed by atoms with van der Waals surface area (Å²) in [4.78, 5) is 8.79. The summed E-state index contributed by atoms with van der Waals surface area (Å²) in [6.07, 6.45) is -2.86. The fourth-order valence-corrected chi connectivity index (χ4v) is 1.78. The number of hydrogen-bond donors (Lipinski definition) is 1. The van der Waals surface area contributed by atoms with E-state index in [0.717, 1.165) is 5.56 Å². The van der Waals surface area contributed by atoms with Crippen molar-refractivity contribution in [2.75, 3.05) is 6.61 Å². The molecular weight excluding hydrogens is 267 g/mol. The molecular formula is C9H12BrO3P. The predicted octanol–water partition coefficient (Wildman–Crippen LogP) is 3.05. The first-order chi connectivity index (χ1) is 6.47. The van der Waals surface area contributed by atoms with Crippen LogP contribution in [-0.2, 0) is 15.5 Å². The van der Waals surface area contributed by atoms with Crippen LogP contribution in [0.25, 0.3) is 0 Å². The summed E-state index contributed by atoms with van der Waals surface area (Å²) in [6.45, 7) is 2.25. The Kier molecular flexibility index (Phi) is 4.32. The molecule has 0 saturated heterocycles. The fourth-order valence-electron chi connectivity index (χ4n) is 1.03. The first-order valence-corrected chi connectivity index (χ1v) is 7.79. The van der Waals surface area contributed by atoms with Crippen LogP contribution in [0.15, 0.2) is 24.3 Å². The molecule has 1 aromatic rings. The second-order valence-corrected chi connectivity index (χ2v) is 6.87. The first kappa shape index (κ1) is 11.9. The van der Waals surface area contributed by atoms with E-state index in [2.05, 4.69) is 15.5 Å². The molecule has 5 heteroatoms. The molecule has 0 aliphatic carbocycles. The quantitative estimate of drug-likeness (QED) is 0.861. The first-order valence-electron chi connectivity index (χ1n) is 4.20. The lowest BCUT2D eigenvalue weighted by molar-refractivity contribution is 0.280. The van der Waals surface area contributed by atoms with Gasteiger partial charge in [-0.05, 0) is 18.9 Å². The second kappa shape index (κ2) is 5.08. The zero-order chi connectivity index (χ0) is 10.6. The van der Waals surface area contributed by atoms with Gasteiger partial charge in [0, 0.05) is 15.5 Å². The van der Waals surface area contributed by atoms with E-state index in [0.29, 0.717) is 6.42 Å². The molecule has 1 rings (SSSR count). The maximum Gasteiger partial charge on any atom is 0.393 e. The van der Waals surface area contributed by atoms with E-state index in [-0.39, 0.29) is 6.61 Å². The zero-order valence-corrected chi connectivity index (χ0v) is 10.3. The molecule has 0 fully saturated rings. The van der Waals surface area contributed by atoms with Crippen LogP contribution >= 0.6 is 21.8 Å². The average Bonchev–Trinajstić information content (AvgIpc) is 2.06. The Balaban J connectivity index is 2.39. The maximum atomic E-state index is 10.7. The van der Waals surface area contributed by atoms with E-state index < -0.39 is 6.30 Å². The summed E-state index contributed by atoms with van der Waals surface area (Å²) >= 11 is 2.55. The zero-order valence-electron chi connectivity index (χ0n) is 7.81. The highest BCUT2D eigenvalue weighted by molar-refractivity contribution is 9.39. The fraction of sp³-hybridized carbons (Fsp3) is 0.333. The summed E-state index contributed by atoms with van der Waals surface area (Å²) in [5.74, 6) is 0. The SMILES string of the molecule is Cc1ccc(CCOP(=O)(O)Br)cc1. The smallest absolute Gasteiger partial charge is 0.316 e. The third kappa shape index (κ3) is 4.91. The number of benzene rings is 1. The van der Waals surface area contributed by atoms with Crippen molar-refractivity contribution in [1.82, 2.24) is 0 Å². The molecule has 0 spiro atoms. The molecule has 0 aliphatic heterocycles. The van der Waals surface area contributed by atoms with Gasteiger partial charge >= 0.3 is 6.30 Å². The monoisotopic (exact) mass is 278 g/mol. The minimum absolute atomic E-state index is 0.238. The number of hydrogen-bond acceptors (Lipinski definition) is 2. The van der Waals surface area contributed by atoms with Crippen molar-refractivity contribution in [1.29, 1.82) is 0 Å². The van der Waals surface area contributed by atoms with E-state index >= 15 is 0 Å². The summed E-state index contributed by atoms with van der Waals surface area (Å²) in [6, 6.07) is 7.97. The Bertz CT molecular complexity index is 330. The molecule has 0 aliphatic rings. The molecule has 0 aromatic heterocycles. The van der Waals surface area contributed by atoms with E-state index in [1.807, 2.05) is 31.2 Å². The van der Waals surface area contributed by atoms with Gasteiger partial charge in [0.15, 0.2) is 0 Å². The van der Waals surface area contributed by atoms with Gasteiger partial charge in [-0.2, -0.15) is 0 Å². The normalized spacial score (nSPS) is 15.1. The van der Waals surface area contributed by atoms with Crippen LogP contribution in [-0.4, -0.2) is 11.5 Å². The van der Waals surface area contributed by atoms with Gasteiger partial charge in [-0.25, -0.2) is 4.57 Å². The second-order valence-electron chi connectivity index (χ2n) is 3.02. The summed E-state index contributed by atoms with van der Waals surface area (Å²) in [5, 5.41) is 0. The standard InChI is InChI=1S/C9H12BrO3P/c1-8-2-4-9(5-3-8)6-7-13-14(10,11)12/h2-5H,6-7H2,1H3,(H,11,12). The van der Waals surface area contributed by atoms with Crippen molar-refractivity contribution in [3.8, 4) is 0 Å². The van der Waals surface area contributed by atoms with Gasteiger partial charge in [-0.1, -0.05) is 29.8 Å². The van der Waals surface area contributed by atoms with Crippen LogP contribution in [0.2, 0.25) is 0 Å². The van der Waals surface area contributed by atoms with Crippen LogP contribution in [0, 0.1) is 6.92 Å². The van der Waals surface area contributed by atoms with Crippen molar-refractivity contribution >= 4 is 21.8 Å². The predicted molar refractivity (Wildman–Crippen MR) is 59.6 cm³/mol. The number of rotatable bonds is 4. The van der Waals surface area contributed by atoms with Gasteiger partial charge in [0.2, 0.25) is 0 Å². The van der Waals surface area contributed by atoms with E-state index in [9.17, 15) is 4.57 Å². The van der Waals surface area contributed by atoms with Crippen LogP contribution in [0.5, 0.6) is 0 Å². The Labute approximate surface area is 91.4 Å². The Morgan fingerprint density at radius 1 is 1.43 bits per heavy atom. The minimum Gasteiger partial charge on any atom is -0.316 e. The molecule has 1 N–H and O–H groups in total. The highest BCUT2D eigenvalue weighted by Gasteiger charge is 2.11. The third-order valence-corrected chi connectivity index (χ3v) is 2.88. The van der Waals surface area contributed by atoms with Crippen molar-refractivity contribution in [2.24, 2.45) is 0 Å². The Hall–Kier alpha value is -0.150. The number of aryl methyl sites for hydroxylation is 1. The molecule has 1 atom stereocenters. The van der Waals surface area contributed by atoms with Crippen LogP contribution in [0.3, 0.4) is 0 Å². The van der Waals surface area contributed by atoms with E-state index in [1.165, 1.54) is 5.56 Å². The lowest BCUT2D eigenvalue weighted by Gasteiger charge is -2.05. The van der Waals surface area contributed by atoms with E-state index in [1.54, 1.807) is 0 Å². The van der Waals surface area contributed by atoms with Crippen molar-refractivity contribution in [2.45, 2.75) is 13.3 Å². The van der Waals surface area contributed by atoms with Crippen LogP contribution in [0.1, 0.15) is 11.1 Å². The molecule has 0 heterocycles. The van der Waals surface area contributed by atoms with Gasteiger partial charge in [-0.3, -0.25) is 0 Å². The van der Waals surface area contributed by atoms with Gasteiger partial charge in [0.25, 0.3) is 0 Å². The van der Waals surface area contributed by atoms with Crippen LogP contribution in [0.4, 0.5) is 0 Å². The third-order valence-electron chi connectivity index (χ3n) is 1.76. The topological polar surface area (TPSA) is 46.5 Å². The van der Waals surface area contributed by atoms with Gasteiger partial charge in [0.05, 0.1) is 6.61 Å². The molecule has 78 valence electrons. The summed E-state index contributed by atoms with van der Waals surface area (Å²) in [7, 11) is 0. The Morgan fingerprint density at radius 2 is 2.00 bits per heavy atom. The van der Waals surface area contributed by atoms with Crippen molar-refractivity contribution in [3.63, 3.8) is 0 Å². The lowest BCUT2D eigenvalue weighted by Crippen LogP contribution is -1.94. The molecule has 1 aromatic carbocycles. The minimum atomic E-state index is -3.50. The average molecular weight is 279 g/mol. The molecule has 0 bridgehead atoms. The molecule has 0 saturated carbocycles. The highest BCUT2D eigenvalue weighted by atomic mass is 79.9. The molecule has 1 unspecified atom stereocenters. The van der Waals surface area contributed by atoms with Gasteiger partial charge < -0.3 is 9.42 Å². The van der Waals surface area contributed by atoms with Crippen molar-refractivity contribution in [3.05, 3.63) is 35.4 Å². The largest absolute Gasteiger partial charge is 0.393 e. The lowest BCUT2D eigenvalue weighted by atomic mass is 10.1.